The Morgan fingerprint density at radius 1 is 1.14 bits per heavy atom. The molecule has 5 fully saturated rings. The van der Waals surface area contributed by atoms with Crippen LogP contribution in [0.4, 0.5) is 5.95 Å². The smallest absolute Gasteiger partial charge is 0.255 e. The third-order valence-corrected chi connectivity index (χ3v) is 7.68. The fourth-order valence-electron chi connectivity index (χ4n) is 6.47. The number of anilines is 1. The second-order valence-electron chi connectivity index (χ2n) is 9.58. The number of aromatic nitrogens is 2. The van der Waals surface area contributed by atoms with E-state index in [4.69, 9.17) is 4.74 Å². The first-order chi connectivity index (χ1) is 14.1. The van der Waals surface area contributed by atoms with Crippen molar-refractivity contribution in [2.45, 2.75) is 57.9 Å². The number of nitrogens with one attached hydrogen (secondary N) is 2. The maximum absolute atomic E-state index is 12.7. The van der Waals surface area contributed by atoms with Crippen molar-refractivity contribution in [2.24, 2.45) is 23.7 Å². The molecule has 1 aromatic rings. The third kappa shape index (κ3) is 3.81. The fourth-order valence-corrected chi connectivity index (χ4v) is 6.47. The first-order valence-corrected chi connectivity index (χ1v) is 11.3. The van der Waals surface area contributed by atoms with Crippen LogP contribution >= 0.6 is 0 Å². The summed E-state index contributed by atoms with van der Waals surface area (Å²) in [5.74, 6) is 3.85. The van der Waals surface area contributed by atoms with E-state index in [9.17, 15) is 9.59 Å². The third-order valence-electron chi connectivity index (χ3n) is 7.68. The highest BCUT2D eigenvalue weighted by Crippen LogP contribution is 2.53. The van der Waals surface area contributed by atoms with Gasteiger partial charge in [0.05, 0.1) is 13.2 Å². The minimum absolute atomic E-state index is 0.0820. The topological polar surface area (TPSA) is 87.3 Å². The Balaban J connectivity index is 1.20. The van der Waals surface area contributed by atoms with E-state index in [0.29, 0.717) is 55.4 Å². The molecule has 1 aromatic heterocycles. The summed E-state index contributed by atoms with van der Waals surface area (Å²) in [6, 6.07) is 0.358. The predicted molar refractivity (Wildman–Crippen MR) is 110 cm³/mol. The summed E-state index contributed by atoms with van der Waals surface area (Å²) in [7, 11) is 0. The SMILES string of the molecule is Cc1nc(N2CCOCC2)[nH]c(=O)c1CCC(=O)NC1C2CC3CC(C2)CC1C3. The number of rotatable bonds is 5. The van der Waals surface area contributed by atoms with Crippen LogP contribution < -0.4 is 15.8 Å². The van der Waals surface area contributed by atoms with E-state index >= 15 is 0 Å². The molecule has 0 unspecified atom stereocenters. The van der Waals surface area contributed by atoms with Crippen molar-refractivity contribution < 1.29 is 9.53 Å². The van der Waals surface area contributed by atoms with Gasteiger partial charge in [0.25, 0.3) is 5.56 Å². The van der Waals surface area contributed by atoms with Crippen LogP contribution in [0.25, 0.3) is 0 Å². The van der Waals surface area contributed by atoms with Gasteiger partial charge in [-0.05, 0) is 69.1 Å². The molecule has 1 aliphatic heterocycles. The average molecular weight is 401 g/mol. The van der Waals surface area contributed by atoms with Gasteiger partial charge in [-0.3, -0.25) is 14.6 Å². The van der Waals surface area contributed by atoms with Gasteiger partial charge in [-0.1, -0.05) is 0 Å². The maximum Gasteiger partial charge on any atom is 0.255 e. The van der Waals surface area contributed by atoms with Crippen LogP contribution in [0.5, 0.6) is 0 Å². The number of hydrogen-bond donors (Lipinski definition) is 2. The summed E-state index contributed by atoms with van der Waals surface area (Å²) >= 11 is 0. The van der Waals surface area contributed by atoms with Crippen molar-refractivity contribution in [3.63, 3.8) is 0 Å². The van der Waals surface area contributed by atoms with Crippen LogP contribution in [0, 0.1) is 30.6 Å². The number of morpholine rings is 1. The molecule has 2 heterocycles. The van der Waals surface area contributed by atoms with E-state index in [1.165, 1.54) is 32.1 Å². The maximum atomic E-state index is 12.7. The summed E-state index contributed by atoms with van der Waals surface area (Å²) in [5.41, 5.74) is 1.22. The van der Waals surface area contributed by atoms with E-state index in [-0.39, 0.29) is 11.5 Å². The number of hydrogen-bond acceptors (Lipinski definition) is 5. The molecule has 158 valence electrons. The van der Waals surface area contributed by atoms with Gasteiger partial charge in [0.15, 0.2) is 0 Å². The van der Waals surface area contributed by atoms with Crippen LogP contribution in [0.15, 0.2) is 4.79 Å². The molecule has 6 rings (SSSR count). The number of amides is 1. The van der Waals surface area contributed by atoms with Crippen LogP contribution in [0.2, 0.25) is 0 Å². The molecular weight excluding hydrogens is 368 g/mol. The molecule has 7 nitrogen and oxygen atoms in total. The van der Waals surface area contributed by atoms with Gasteiger partial charge < -0.3 is 15.0 Å². The van der Waals surface area contributed by atoms with Gasteiger partial charge in [-0.25, -0.2) is 4.98 Å². The van der Waals surface area contributed by atoms with Gasteiger partial charge in [0.1, 0.15) is 0 Å². The monoisotopic (exact) mass is 400 g/mol. The van der Waals surface area contributed by atoms with E-state index < -0.39 is 0 Å². The molecule has 29 heavy (non-hydrogen) atoms. The minimum Gasteiger partial charge on any atom is -0.378 e. The number of ether oxygens (including phenoxy) is 1. The van der Waals surface area contributed by atoms with Crippen molar-refractivity contribution >= 4 is 11.9 Å². The number of carbonyl (C=O) groups excluding carboxylic acids is 1. The standard InChI is InChI=1S/C22H32N4O3/c1-13-18(21(28)25-22(23-13)26-4-6-29-7-5-26)2-3-19(27)24-20-16-9-14-8-15(11-16)12-17(20)10-14/h14-17,20H,2-12H2,1H3,(H,24,27)(H,23,25,28). The zero-order valence-electron chi connectivity index (χ0n) is 17.3. The Morgan fingerprint density at radius 3 is 2.41 bits per heavy atom. The first kappa shape index (κ1) is 19.1. The second-order valence-corrected chi connectivity index (χ2v) is 9.58. The van der Waals surface area contributed by atoms with E-state index in [1.807, 2.05) is 11.8 Å². The highest BCUT2D eigenvalue weighted by Gasteiger charge is 2.48. The van der Waals surface area contributed by atoms with E-state index in [0.717, 1.165) is 30.6 Å². The summed E-state index contributed by atoms with van der Waals surface area (Å²) < 4.78 is 5.36. The lowest BCUT2D eigenvalue weighted by molar-refractivity contribution is -0.125. The molecule has 5 aliphatic rings. The van der Waals surface area contributed by atoms with Gasteiger partial charge in [0.2, 0.25) is 11.9 Å². The molecule has 2 N–H and O–H groups in total. The summed E-state index contributed by atoms with van der Waals surface area (Å²) in [5, 5.41) is 3.34. The van der Waals surface area contributed by atoms with Crippen LogP contribution in [0.3, 0.4) is 0 Å². The van der Waals surface area contributed by atoms with Gasteiger partial charge >= 0.3 is 0 Å². The molecule has 4 bridgehead atoms. The molecular formula is C22H32N4O3. The fraction of sp³-hybridized carbons (Fsp3) is 0.773. The number of nitrogens with zero attached hydrogens (tertiary/aromatic N) is 2. The van der Waals surface area contributed by atoms with E-state index in [2.05, 4.69) is 15.3 Å². The molecule has 7 heteroatoms. The molecule has 4 aliphatic carbocycles. The minimum atomic E-state index is -0.124. The Kier molecular flexibility index (Phi) is 5.10. The molecule has 4 saturated carbocycles. The molecule has 1 amide bonds. The van der Waals surface area contributed by atoms with Gasteiger partial charge in [-0.2, -0.15) is 0 Å². The zero-order valence-corrected chi connectivity index (χ0v) is 17.3. The van der Waals surface area contributed by atoms with Crippen molar-refractivity contribution in [1.29, 1.82) is 0 Å². The van der Waals surface area contributed by atoms with E-state index in [1.54, 1.807) is 0 Å². The molecule has 0 atom stereocenters. The van der Waals surface area contributed by atoms with Crippen LogP contribution in [0.1, 0.15) is 49.8 Å². The molecule has 1 saturated heterocycles. The normalized spacial score (nSPS) is 33.1. The first-order valence-electron chi connectivity index (χ1n) is 11.3. The lowest BCUT2D eigenvalue weighted by atomic mass is 9.54. The molecule has 0 aromatic carbocycles. The quantitative estimate of drug-likeness (QED) is 0.787. The lowest BCUT2D eigenvalue weighted by Crippen LogP contribution is -2.55. The Hall–Kier alpha value is -1.89. The summed E-state index contributed by atoms with van der Waals surface area (Å²) in [6.45, 7) is 4.63. The Labute approximate surface area is 171 Å². The van der Waals surface area contributed by atoms with Crippen molar-refractivity contribution in [3.05, 3.63) is 21.6 Å². The largest absolute Gasteiger partial charge is 0.378 e. The zero-order chi connectivity index (χ0) is 20.0. The second kappa shape index (κ2) is 7.74. The van der Waals surface area contributed by atoms with Gasteiger partial charge in [0, 0.05) is 36.8 Å². The number of aryl methyl sites for hydroxylation is 1. The van der Waals surface area contributed by atoms with Gasteiger partial charge in [-0.15, -0.1) is 0 Å². The predicted octanol–water partition coefficient (Wildman–Crippen LogP) is 1.79. The van der Waals surface area contributed by atoms with Crippen LogP contribution in [-0.4, -0.2) is 48.2 Å². The number of H-pyrrole nitrogens is 1. The Morgan fingerprint density at radius 2 is 1.79 bits per heavy atom. The van der Waals surface area contributed by atoms with Crippen molar-refractivity contribution in [2.75, 3.05) is 31.2 Å². The molecule has 0 spiro atoms. The number of aromatic amines is 1. The summed E-state index contributed by atoms with van der Waals surface area (Å²) in [6.07, 6.45) is 7.39. The van der Waals surface area contributed by atoms with Crippen molar-refractivity contribution in [3.8, 4) is 0 Å². The molecule has 0 radical (unpaired) electrons. The highest BCUT2D eigenvalue weighted by molar-refractivity contribution is 5.76. The average Bonchev–Trinajstić information content (AvgIpc) is 2.70. The Bertz CT molecular complexity index is 802. The highest BCUT2D eigenvalue weighted by atomic mass is 16.5. The lowest BCUT2D eigenvalue weighted by Gasteiger charge is -2.54. The van der Waals surface area contributed by atoms with Crippen LogP contribution in [-0.2, 0) is 16.0 Å². The van der Waals surface area contributed by atoms with Crippen molar-refractivity contribution in [1.82, 2.24) is 15.3 Å². The number of carbonyl (C=O) groups is 1. The summed E-state index contributed by atoms with van der Waals surface area (Å²) in [4.78, 5) is 34.8.